The molecule has 1 N–H and O–H groups in total. The highest BCUT2D eigenvalue weighted by molar-refractivity contribution is 7.09. The fraction of sp³-hybridized carbons (Fsp3) is 0.333. The molecule has 0 radical (unpaired) electrons. The van der Waals surface area contributed by atoms with Crippen LogP contribution in [0.5, 0.6) is 0 Å². The summed E-state index contributed by atoms with van der Waals surface area (Å²) in [6.07, 6.45) is 0. The van der Waals surface area contributed by atoms with Crippen LogP contribution < -0.4 is 10.2 Å². The second-order valence-corrected chi connectivity index (χ2v) is 8.01. The number of hydrogen-bond acceptors (Lipinski definition) is 4. The third-order valence-electron chi connectivity index (χ3n) is 5.13. The molecule has 1 aliphatic rings. The summed E-state index contributed by atoms with van der Waals surface area (Å²) in [6, 6.07) is 14.3. The molecule has 1 aromatic carbocycles. The van der Waals surface area contributed by atoms with E-state index in [0.29, 0.717) is 19.6 Å². The topological polar surface area (TPSA) is 53.4 Å². The van der Waals surface area contributed by atoms with E-state index in [0.717, 1.165) is 30.2 Å². The van der Waals surface area contributed by atoms with Gasteiger partial charge in [0.2, 0.25) is 0 Å². The highest BCUT2D eigenvalue weighted by atomic mass is 32.1. The fourth-order valence-corrected chi connectivity index (χ4v) is 4.38. The minimum atomic E-state index is 0.0153. The summed E-state index contributed by atoms with van der Waals surface area (Å²) in [5.41, 5.74) is 4.42. The van der Waals surface area contributed by atoms with E-state index in [2.05, 4.69) is 36.2 Å². The second kappa shape index (κ2) is 8.06. The van der Waals surface area contributed by atoms with E-state index in [-0.39, 0.29) is 6.03 Å². The predicted octanol–water partition coefficient (Wildman–Crippen LogP) is 3.58. The number of carbonyl (C=O) groups is 1. The third kappa shape index (κ3) is 3.75. The highest BCUT2D eigenvalue weighted by Crippen LogP contribution is 2.27. The molecule has 0 unspecified atom stereocenters. The van der Waals surface area contributed by atoms with Crippen LogP contribution in [0.2, 0.25) is 0 Å². The van der Waals surface area contributed by atoms with Crippen LogP contribution in [0.3, 0.4) is 0 Å². The Labute approximate surface area is 169 Å². The molecule has 0 bridgehead atoms. The maximum absolute atomic E-state index is 12.4. The van der Waals surface area contributed by atoms with Crippen LogP contribution in [-0.4, -0.2) is 46.9 Å². The Bertz CT molecular complexity index is 927. The van der Waals surface area contributed by atoms with Gasteiger partial charge in [-0.05, 0) is 37.4 Å². The van der Waals surface area contributed by atoms with Gasteiger partial charge in [-0.15, -0.1) is 11.3 Å². The average Bonchev–Trinajstić information content (AvgIpc) is 3.35. The van der Waals surface area contributed by atoms with Gasteiger partial charge in [-0.2, -0.15) is 5.10 Å². The standard InChI is InChI=1S/C21H25N5OS/c1-16-20(17(2)26(23-16)18-7-4-3-5-8-18)24-10-12-25(13-11-24)21(27)22-15-19-9-6-14-28-19/h3-9,14H,10-13,15H2,1-2H3,(H,22,27). The smallest absolute Gasteiger partial charge is 0.317 e. The first-order valence-electron chi connectivity index (χ1n) is 9.55. The number of nitrogens with one attached hydrogen (secondary N) is 1. The second-order valence-electron chi connectivity index (χ2n) is 6.98. The van der Waals surface area contributed by atoms with E-state index < -0.39 is 0 Å². The number of aryl methyl sites for hydroxylation is 1. The van der Waals surface area contributed by atoms with E-state index in [1.165, 1.54) is 10.6 Å². The molecule has 0 aliphatic carbocycles. The van der Waals surface area contributed by atoms with Gasteiger partial charge in [0.1, 0.15) is 0 Å². The van der Waals surface area contributed by atoms with Gasteiger partial charge in [0.05, 0.1) is 29.3 Å². The van der Waals surface area contributed by atoms with Crippen LogP contribution in [0.25, 0.3) is 5.69 Å². The number of thiophene rings is 1. The molecule has 28 heavy (non-hydrogen) atoms. The third-order valence-corrected chi connectivity index (χ3v) is 6.01. The Balaban J connectivity index is 1.40. The maximum atomic E-state index is 12.4. The number of benzene rings is 1. The van der Waals surface area contributed by atoms with Crippen molar-refractivity contribution in [2.75, 3.05) is 31.1 Å². The van der Waals surface area contributed by atoms with Gasteiger partial charge in [0.25, 0.3) is 0 Å². The monoisotopic (exact) mass is 395 g/mol. The molecule has 6 nitrogen and oxygen atoms in total. The molecule has 0 saturated carbocycles. The number of carbonyl (C=O) groups excluding carboxylic acids is 1. The van der Waals surface area contributed by atoms with Crippen molar-refractivity contribution < 1.29 is 4.79 Å². The van der Waals surface area contributed by atoms with Crippen LogP contribution in [0.15, 0.2) is 47.8 Å². The Morgan fingerprint density at radius 2 is 1.82 bits per heavy atom. The van der Waals surface area contributed by atoms with Crippen molar-refractivity contribution in [3.05, 3.63) is 64.1 Å². The SMILES string of the molecule is Cc1nn(-c2ccccc2)c(C)c1N1CCN(C(=O)NCc2cccs2)CC1. The molecule has 1 aliphatic heterocycles. The summed E-state index contributed by atoms with van der Waals surface area (Å²) >= 11 is 1.66. The van der Waals surface area contributed by atoms with E-state index in [1.807, 2.05) is 45.3 Å². The summed E-state index contributed by atoms with van der Waals surface area (Å²) < 4.78 is 2.00. The molecule has 2 amide bonds. The molecule has 1 fully saturated rings. The minimum absolute atomic E-state index is 0.0153. The van der Waals surface area contributed by atoms with Crippen molar-refractivity contribution in [2.24, 2.45) is 0 Å². The van der Waals surface area contributed by atoms with E-state index in [4.69, 9.17) is 5.10 Å². The van der Waals surface area contributed by atoms with Crippen molar-refractivity contribution >= 4 is 23.1 Å². The van der Waals surface area contributed by atoms with Gasteiger partial charge in [-0.1, -0.05) is 24.3 Å². The largest absolute Gasteiger partial charge is 0.365 e. The molecule has 3 heterocycles. The molecule has 0 spiro atoms. The van der Waals surface area contributed by atoms with E-state index in [1.54, 1.807) is 11.3 Å². The maximum Gasteiger partial charge on any atom is 0.317 e. The number of para-hydroxylation sites is 1. The van der Waals surface area contributed by atoms with Crippen molar-refractivity contribution in [1.29, 1.82) is 0 Å². The zero-order valence-electron chi connectivity index (χ0n) is 16.3. The molecular weight excluding hydrogens is 370 g/mol. The molecule has 1 saturated heterocycles. The number of urea groups is 1. The molecule has 2 aromatic heterocycles. The molecule has 0 atom stereocenters. The summed E-state index contributed by atoms with van der Waals surface area (Å²) in [7, 11) is 0. The van der Waals surface area contributed by atoms with Crippen molar-refractivity contribution in [1.82, 2.24) is 20.0 Å². The van der Waals surface area contributed by atoms with Crippen LogP contribution in [0.4, 0.5) is 10.5 Å². The predicted molar refractivity (Wildman–Crippen MR) is 113 cm³/mol. The zero-order chi connectivity index (χ0) is 19.5. The van der Waals surface area contributed by atoms with E-state index >= 15 is 0 Å². The van der Waals surface area contributed by atoms with Gasteiger partial charge >= 0.3 is 6.03 Å². The van der Waals surface area contributed by atoms with Gasteiger partial charge in [0.15, 0.2) is 0 Å². The first kappa shape index (κ1) is 18.6. The molecule has 7 heteroatoms. The van der Waals surface area contributed by atoms with Crippen LogP contribution in [0, 0.1) is 13.8 Å². The lowest BCUT2D eigenvalue weighted by Crippen LogP contribution is -2.51. The first-order chi connectivity index (χ1) is 13.6. The van der Waals surface area contributed by atoms with Crippen LogP contribution >= 0.6 is 11.3 Å². The van der Waals surface area contributed by atoms with Crippen LogP contribution in [-0.2, 0) is 6.54 Å². The zero-order valence-corrected chi connectivity index (χ0v) is 17.1. The number of piperazine rings is 1. The normalized spacial score (nSPS) is 14.4. The number of amides is 2. The summed E-state index contributed by atoms with van der Waals surface area (Å²) in [5.74, 6) is 0. The van der Waals surface area contributed by atoms with Crippen LogP contribution in [0.1, 0.15) is 16.3 Å². The molecule has 3 aromatic rings. The summed E-state index contributed by atoms with van der Waals surface area (Å²) in [4.78, 5) is 17.9. The lowest BCUT2D eigenvalue weighted by molar-refractivity contribution is 0.194. The summed E-state index contributed by atoms with van der Waals surface area (Å²) in [5, 5.41) is 9.80. The van der Waals surface area contributed by atoms with Gasteiger partial charge in [0, 0.05) is 31.1 Å². The Morgan fingerprint density at radius 1 is 1.07 bits per heavy atom. The molecule has 4 rings (SSSR count). The van der Waals surface area contributed by atoms with Gasteiger partial charge in [-0.3, -0.25) is 0 Å². The van der Waals surface area contributed by atoms with E-state index in [9.17, 15) is 4.79 Å². The van der Waals surface area contributed by atoms with Crippen molar-refractivity contribution in [3.63, 3.8) is 0 Å². The first-order valence-corrected chi connectivity index (χ1v) is 10.4. The number of nitrogens with zero attached hydrogens (tertiary/aromatic N) is 4. The molecule has 146 valence electrons. The van der Waals surface area contributed by atoms with Crippen molar-refractivity contribution in [2.45, 2.75) is 20.4 Å². The van der Waals surface area contributed by atoms with Gasteiger partial charge in [-0.25, -0.2) is 9.48 Å². The number of anilines is 1. The van der Waals surface area contributed by atoms with Crippen molar-refractivity contribution in [3.8, 4) is 5.69 Å². The lowest BCUT2D eigenvalue weighted by Gasteiger charge is -2.36. The number of aromatic nitrogens is 2. The fourth-order valence-electron chi connectivity index (χ4n) is 3.73. The lowest BCUT2D eigenvalue weighted by atomic mass is 10.2. The average molecular weight is 396 g/mol. The molecular formula is C21H25N5OS. The van der Waals surface area contributed by atoms with Gasteiger partial charge < -0.3 is 15.1 Å². The minimum Gasteiger partial charge on any atom is -0.365 e. The number of rotatable bonds is 4. The quantitative estimate of drug-likeness (QED) is 0.735. The highest BCUT2D eigenvalue weighted by Gasteiger charge is 2.25. The number of hydrogen-bond donors (Lipinski definition) is 1. The Kier molecular flexibility index (Phi) is 5.34. The summed E-state index contributed by atoms with van der Waals surface area (Å²) in [6.45, 7) is 7.82. The Morgan fingerprint density at radius 3 is 2.50 bits per heavy atom. The Hall–Kier alpha value is -2.80.